The summed E-state index contributed by atoms with van der Waals surface area (Å²) in [4.78, 5) is 10.6. The predicted octanol–water partition coefficient (Wildman–Crippen LogP) is 1.75. The third-order valence-electron chi connectivity index (χ3n) is 1.70. The molecule has 3 heteroatoms. The normalized spacial score (nSPS) is 10.1. The Bertz CT molecular complexity index is 383. The van der Waals surface area contributed by atoms with Crippen molar-refractivity contribution in [2.45, 2.75) is 0 Å². The van der Waals surface area contributed by atoms with E-state index in [4.69, 9.17) is 10.5 Å². The molecule has 0 saturated carbocycles. The zero-order chi connectivity index (χ0) is 11.1. The molecule has 2 N–H and O–H groups in total. The number of ether oxygens (including phenoxy) is 1. The molecule has 1 amide bonds. The van der Waals surface area contributed by atoms with E-state index in [1.165, 1.54) is 6.08 Å². The van der Waals surface area contributed by atoms with Gasteiger partial charge in [-0.3, -0.25) is 4.79 Å². The smallest absolute Gasteiger partial charge is 0.241 e. The highest BCUT2D eigenvalue weighted by atomic mass is 16.5. The third kappa shape index (κ3) is 3.68. The van der Waals surface area contributed by atoms with Crippen molar-refractivity contribution in [1.29, 1.82) is 0 Å². The molecule has 0 aliphatic carbocycles. The molecule has 0 saturated heterocycles. The van der Waals surface area contributed by atoms with Gasteiger partial charge in [0, 0.05) is 11.6 Å². The Balaban J connectivity index is 2.85. The maximum absolute atomic E-state index is 10.6. The van der Waals surface area contributed by atoms with E-state index < -0.39 is 5.91 Å². The van der Waals surface area contributed by atoms with Gasteiger partial charge in [0.25, 0.3) is 0 Å². The van der Waals surface area contributed by atoms with Gasteiger partial charge in [-0.05, 0) is 12.1 Å². The van der Waals surface area contributed by atoms with Gasteiger partial charge in [0.15, 0.2) is 0 Å². The summed E-state index contributed by atoms with van der Waals surface area (Å²) < 4.78 is 5.40. The molecule has 0 fully saturated rings. The number of carbonyl (C=O) groups excluding carboxylic acids is 1. The Morgan fingerprint density at radius 2 is 2.20 bits per heavy atom. The Morgan fingerprint density at radius 1 is 1.47 bits per heavy atom. The summed E-state index contributed by atoms with van der Waals surface area (Å²) >= 11 is 0. The predicted molar refractivity (Wildman–Crippen MR) is 60.4 cm³/mol. The van der Waals surface area contributed by atoms with Gasteiger partial charge >= 0.3 is 0 Å². The molecule has 78 valence electrons. The molecule has 0 radical (unpaired) electrons. The Kier molecular flexibility index (Phi) is 4.16. The Hall–Kier alpha value is -2.03. The SMILES string of the molecule is C=CCOc1ccccc1C=CC(N)=O. The summed E-state index contributed by atoms with van der Waals surface area (Å²) in [5, 5.41) is 0. The average Bonchev–Trinajstić information content (AvgIpc) is 2.24. The lowest BCUT2D eigenvalue weighted by atomic mass is 10.2. The first-order valence-electron chi connectivity index (χ1n) is 4.54. The van der Waals surface area contributed by atoms with Crippen LogP contribution in [0.3, 0.4) is 0 Å². The van der Waals surface area contributed by atoms with Crippen LogP contribution in [0.25, 0.3) is 6.08 Å². The fourth-order valence-electron chi connectivity index (χ4n) is 1.07. The molecule has 0 spiro atoms. The standard InChI is InChI=1S/C12H13NO2/c1-2-9-15-11-6-4-3-5-10(11)7-8-12(13)14/h2-8H,1,9H2,(H2,13,14). The minimum Gasteiger partial charge on any atom is -0.489 e. The second-order valence-electron chi connectivity index (χ2n) is 2.87. The van der Waals surface area contributed by atoms with E-state index in [2.05, 4.69) is 6.58 Å². The topological polar surface area (TPSA) is 52.3 Å². The minimum absolute atomic E-state index is 0.432. The van der Waals surface area contributed by atoms with Gasteiger partial charge in [-0.1, -0.05) is 30.9 Å². The van der Waals surface area contributed by atoms with Crippen LogP contribution in [0.5, 0.6) is 5.75 Å². The summed E-state index contributed by atoms with van der Waals surface area (Å²) in [6.07, 6.45) is 4.59. The monoisotopic (exact) mass is 203 g/mol. The van der Waals surface area contributed by atoms with Gasteiger partial charge in [0.1, 0.15) is 12.4 Å². The second kappa shape index (κ2) is 5.65. The van der Waals surface area contributed by atoms with E-state index in [1.54, 1.807) is 12.2 Å². The lowest BCUT2D eigenvalue weighted by Gasteiger charge is -2.06. The largest absolute Gasteiger partial charge is 0.489 e. The van der Waals surface area contributed by atoms with Gasteiger partial charge in [-0.2, -0.15) is 0 Å². The van der Waals surface area contributed by atoms with Crippen LogP contribution in [0.1, 0.15) is 5.56 Å². The van der Waals surface area contributed by atoms with Crippen LogP contribution in [0.2, 0.25) is 0 Å². The highest BCUT2D eigenvalue weighted by molar-refractivity contribution is 5.90. The van der Waals surface area contributed by atoms with Crippen LogP contribution < -0.4 is 10.5 Å². The molecule has 0 aliphatic rings. The molecule has 0 heterocycles. The summed E-state index contributed by atoms with van der Waals surface area (Å²) in [5.74, 6) is 0.225. The van der Waals surface area contributed by atoms with Crippen molar-refractivity contribution in [3.05, 3.63) is 48.6 Å². The van der Waals surface area contributed by atoms with E-state index in [0.29, 0.717) is 12.4 Å². The fraction of sp³-hybridized carbons (Fsp3) is 0.0833. The van der Waals surface area contributed by atoms with E-state index in [-0.39, 0.29) is 0 Å². The number of rotatable bonds is 5. The Morgan fingerprint density at radius 3 is 2.87 bits per heavy atom. The van der Waals surface area contributed by atoms with Crippen LogP contribution >= 0.6 is 0 Å². The first-order chi connectivity index (χ1) is 7.24. The van der Waals surface area contributed by atoms with Crippen molar-refractivity contribution in [1.82, 2.24) is 0 Å². The van der Waals surface area contributed by atoms with Crippen molar-refractivity contribution in [3.63, 3.8) is 0 Å². The van der Waals surface area contributed by atoms with Gasteiger partial charge < -0.3 is 10.5 Å². The van der Waals surface area contributed by atoms with Crippen molar-refractivity contribution < 1.29 is 9.53 Å². The summed E-state index contributed by atoms with van der Waals surface area (Å²) in [7, 11) is 0. The zero-order valence-corrected chi connectivity index (χ0v) is 8.35. The van der Waals surface area contributed by atoms with Crippen molar-refractivity contribution >= 4 is 12.0 Å². The van der Waals surface area contributed by atoms with E-state index >= 15 is 0 Å². The average molecular weight is 203 g/mol. The number of hydrogen-bond donors (Lipinski definition) is 1. The highest BCUT2D eigenvalue weighted by Crippen LogP contribution is 2.19. The lowest BCUT2D eigenvalue weighted by molar-refractivity contribution is -0.113. The van der Waals surface area contributed by atoms with Crippen LogP contribution in [0, 0.1) is 0 Å². The lowest BCUT2D eigenvalue weighted by Crippen LogP contribution is -2.05. The Labute approximate surface area is 88.9 Å². The zero-order valence-electron chi connectivity index (χ0n) is 8.35. The van der Waals surface area contributed by atoms with E-state index in [1.807, 2.05) is 24.3 Å². The van der Waals surface area contributed by atoms with E-state index in [0.717, 1.165) is 5.56 Å². The molecule has 0 unspecified atom stereocenters. The number of hydrogen-bond acceptors (Lipinski definition) is 2. The molecule has 3 nitrogen and oxygen atoms in total. The molecular weight excluding hydrogens is 190 g/mol. The van der Waals surface area contributed by atoms with Crippen LogP contribution in [-0.4, -0.2) is 12.5 Å². The van der Waals surface area contributed by atoms with Gasteiger partial charge in [-0.25, -0.2) is 0 Å². The third-order valence-corrected chi connectivity index (χ3v) is 1.70. The number of para-hydroxylation sites is 1. The maximum atomic E-state index is 10.6. The van der Waals surface area contributed by atoms with Crippen molar-refractivity contribution in [2.75, 3.05) is 6.61 Å². The molecule has 1 aromatic rings. The first-order valence-corrected chi connectivity index (χ1v) is 4.54. The van der Waals surface area contributed by atoms with Gasteiger partial charge in [-0.15, -0.1) is 0 Å². The summed E-state index contributed by atoms with van der Waals surface area (Å²) in [6, 6.07) is 7.39. The van der Waals surface area contributed by atoms with E-state index in [9.17, 15) is 4.79 Å². The molecule has 1 aromatic carbocycles. The number of carbonyl (C=O) groups is 1. The first kappa shape index (κ1) is 11.0. The number of benzene rings is 1. The summed E-state index contributed by atoms with van der Waals surface area (Å²) in [6.45, 7) is 3.99. The minimum atomic E-state index is -0.478. The van der Waals surface area contributed by atoms with Crippen LogP contribution in [0.15, 0.2) is 43.0 Å². The number of amides is 1. The molecular formula is C12H13NO2. The fourth-order valence-corrected chi connectivity index (χ4v) is 1.07. The molecule has 0 aromatic heterocycles. The molecule has 0 atom stereocenters. The van der Waals surface area contributed by atoms with Crippen LogP contribution in [0.4, 0.5) is 0 Å². The number of primary amides is 1. The molecule has 0 aliphatic heterocycles. The van der Waals surface area contributed by atoms with Crippen molar-refractivity contribution in [3.8, 4) is 5.75 Å². The van der Waals surface area contributed by atoms with Crippen LogP contribution in [-0.2, 0) is 4.79 Å². The van der Waals surface area contributed by atoms with Crippen molar-refractivity contribution in [2.24, 2.45) is 5.73 Å². The maximum Gasteiger partial charge on any atom is 0.241 e. The quantitative estimate of drug-likeness (QED) is 0.585. The molecule has 15 heavy (non-hydrogen) atoms. The number of nitrogens with two attached hydrogens (primary N) is 1. The second-order valence-corrected chi connectivity index (χ2v) is 2.87. The molecule has 1 rings (SSSR count). The molecule has 0 bridgehead atoms. The summed E-state index contributed by atoms with van der Waals surface area (Å²) in [5.41, 5.74) is 5.83. The highest BCUT2D eigenvalue weighted by Gasteiger charge is 1.98. The van der Waals surface area contributed by atoms with Gasteiger partial charge in [0.05, 0.1) is 0 Å². The van der Waals surface area contributed by atoms with Gasteiger partial charge in [0.2, 0.25) is 5.91 Å².